The van der Waals surface area contributed by atoms with Crippen LogP contribution in [0.15, 0.2) is 66.7 Å². The maximum atomic E-state index is 12.6. The van der Waals surface area contributed by atoms with Crippen molar-refractivity contribution >= 4 is 23.7 Å². The lowest BCUT2D eigenvalue weighted by atomic mass is 9.98. The van der Waals surface area contributed by atoms with E-state index in [4.69, 9.17) is 9.84 Å². The molecular formula is C26H24N2O5. The van der Waals surface area contributed by atoms with E-state index in [1.165, 1.54) is 6.92 Å². The van der Waals surface area contributed by atoms with Crippen molar-refractivity contribution < 1.29 is 24.2 Å². The van der Waals surface area contributed by atoms with Gasteiger partial charge in [0.1, 0.15) is 12.6 Å². The van der Waals surface area contributed by atoms with Gasteiger partial charge >= 0.3 is 12.1 Å². The summed E-state index contributed by atoms with van der Waals surface area (Å²) in [6, 6.07) is 20.0. The van der Waals surface area contributed by atoms with Gasteiger partial charge < -0.3 is 15.2 Å². The van der Waals surface area contributed by atoms with Crippen molar-refractivity contribution in [3.8, 4) is 11.1 Å². The number of anilines is 1. The summed E-state index contributed by atoms with van der Waals surface area (Å²) in [5.74, 6) is -1.72. The lowest BCUT2D eigenvalue weighted by Gasteiger charge is -2.16. The zero-order valence-electron chi connectivity index (χ0n) is 18.3. The van der Waals surface area contributed by atoms with Gasteiger partial charge in [-0.05, 0) is 53.8 Å². The molecule has 33 heavy (non-hydrogen) atoms. The molecular weight excluding hydrogens is 420 g/mol. The lowest BCUT2D eigenvalue weighted by molar-refractivity contribution is -0.138. The Balaban J connectivity index is 1.45. The van der Waals surface area contributed by atoms with Gasteiger partial charge in [0.25, 0.3) is 5.91 Å². The normalized spacial score (nSPS) is 12.9. The fourth-order valence-corrected chi connectivity index (χ4v) is 4.10. The van der Waals surface area contributed by atoms with Crippen molar-refractivity contribution in [1.82, 2.24) is 5.32 Å². The van der Waals surface area contributed by atoms with Gasteiger partial charge in [0.05, 0.1) is 0 Å². The second-order valence-corrected chi connectivity index (χ2v) is 7.96. The molecule has 0 radical (unpaired) electrons. The number of carboxylic acids is 1. The van der Waals surface area contributed by atoms with Crippen molar-refractivity contribution in [2.75, 3.05) is 11.9 Å². The Morgan fingerprint density at radius 2 is 1.55 bits per heavy atom. The number of carboxylic acid groups (broad SMARTS) is 1. The minimum Gasteiger partial charge on any atom is -0.480 e. The highest BCUT2D eigenvalue weighted by Gasteiger charge is 2.29. The fourth-order valence-electron chi connectivity index (χ4n) is 4.10. The molecule has 0 saturated carbocycles. The second kappa shape index (κ2) is 9.16. The van der Waals surface area contributed by atoms with Crippen LogP contribution in [-0.4, -0.2) is 35.7 Å². The highest BCUT2D eigenvalue weighted by Crippen LogP contribution is 2.44. The lowest BCUT2D eigenvalue weighted by Crippen LogP contribution is -2.38. The molecule has 0 aliphatic heterocycles. The van der Waals surface area contributed by atoms with Crippen molar-refractivity contribution in [2.45, 2.75) is 25.8 Å². The summed E-state index contributed by atoms with van der Waals surface area (Å²) in [5, 5.41) is 14.1. The number of carbonyl (C=O) groups is 3. The predicted octanol–water partition coefficient (Wildman–Crippen LogP) is 4.56. The maximum absolute atomic E-state index is 12.6. The summed E-state index contributed by atoms with van der Waals surface area (Å²) in [6.07, 6.45) is -0.628. The molecule has 168 valence electrons. The Kier molecular flexibility index (Phi) is 6.13. The molecule has 4 rings (SSSR count). The Morgan fingerprint density at radius 1 is 0.939 bits per heavy atom. The number of fused-ring (bicyclic) bond motifs is 3. The number of ether oxygens (including phenoxy) is 1. The van der Waals surface area contributed by atoms with Crippen molar-refractivity contribution in [1.29, 1.82) is 0 Å². The van der Waals surface area contributed by atoms with Gasteiger partial charge in [-0.1, -0.05) is 54.6 Å². The Bertz CT molecular complexity index is 1190. The number of hydrogen-bond acceptors (Lipinski definition) is 4. The molecule has 7 heteroatoms. The average molecular weight is 444 g/mol. The first-order valence-corrected chi connectivity index (χ1v) is 10.6. The van der Waals surface area contributed by atoms with Crippen molar-refractivity contribution in [2.24, 2.45) is 0 Å². The summed E-state index contributed by atoms with van der Waals surface area (Å²) in [5.41, 5.74) is 5.74. The molecule has 0 bridgehead atoms. The summed E-state index contributed by atoms with van der Waals surface area (Å²) in [4.78, 5) is 36.0. The average Bonchev–Trinajstić information content (AvgIpc) is 3.12. The molecule has 2 amide bonds. The number of rotatable bonds is 6. The van der Waals surface area contributed by atoms with Crippen LogP contribution in [0.1, 0.15) is 39.9 Å². The zero-order chi connectivity index (χ0) is 23.5. The number of benzene rings is 3. The van der Waals surface area contributed by atoms with Crippen LogP contribution in [0.2, 0.25) is 0 Å². The summed E-state index contributed by atoms with van der Waals surface area (Å²) in [7, 11) is 0. The third-order valence-electron chi connectivity index (χ3n) is 5.88. The van der Waals surface area contributed by atoms with Gasteiger partial charge in [-0.2, -0.15) is 0 Å². The van der Waals surface area contributed by atoms with E-state index in [-0.39, 0.29) is 18.1 Å². The highest BCUT2D eigenvalue weighted by atomic mass is 16.5. The summed E-state index contributed by atoms with van der Waals surface area (Å²) >= 11 is 0. The van der Waals surface area contributed by atoms with E-state index < -0.39 is 24.0 Å². The smallest absolute Gasteiger partial charge is 0.411 e. The number of nitrogens with one attached hydrogen (secondary N) is 2. The quantitative estimate of drug-likeness (QED) is 0.517. The Hall–Kier alpha value is -4.13. The first kappa shape index (κ1) is 22.1. The molecule has 0 aromatic heterocycles. The van der Waals surface area contributed by atoms with Crippen LogP contribution in [-0.2, 0) is 9.53 Å². The molecule has 1 aliphatic rings. The third kappa shape index (κ3) is 4.43. The van der Waals surface area contributed by atoms with E-state index in [2.05, 4.69) is 22.8 Å². The molecule has 0 fully saturated rings. The topological polar surface area (TPSA) is 105 Å². The maximum Gasteiger partial charge on any atom is 0.411 e. The SMILES string of the molecule is Cc1c(NC(=O)OCC2c3ccccc3-c3ccccc32)cccc1C(=O)N[C@@H](C)C(=O)O. The molecule has 0 heterocycles. The largest absolute Gasteiger partial charge is 0.480 e. The molecule has 1 aliphatic carbocycles. The van der Waals surface area contributed by atoms with E-state index in [9.17, 15) is 14.4 Å². The van der Waals surface area contributed by atoms with Crippen molar-refractivity contribution in [3.63, 3.8) is 0 Å². The molecule has 0 saturated heterocycles. The van der Waals surface area contributed by atoms with Crippen LogP contribution >= 0.6 is 0 Å². The third-order valence-corrected chi connectivity index (χ3v) is 5.88. The monoisotopic (exact) mass is 444 g/mol. The number of aliphatic carboxylic acids is 1. The van der Waals surface area contributed by atoms with Crippen LogP contribution in [0.3, 0.4) is 0 Å². The van der Waals surface area contributed by atoms with E-state index in [1.807, 2.05) is 36.4 Å². The van der Waals surface area contributed by atoms with E-state index >= 15 is 0 Å². The van der Waals surface area contributed by atoms with Gasteiger partial charge in [0.2, 0.25) is 0 Å². The molecule has 0 unspecified atom stereocenters. The number of carbonyl (C=O) groups excluding carboxylic acids is 2. The van der Waals surface area contributed by atoms with Crippen LogP contribution in [0.4, 0.5) is 10.5 Å². The van der Waals surface area contributed by atoms with Crippen LogP contribution in [0.5, 0.6) is 0 Å². The summed E-state index contributed by atoms with van der Waals surface area (Å²) in [6.45, 7) is 3.24. The molecule has 3 aromatic rings. The number of amides is 2. The van der Waals surface area contributed by atoms with E-state index in [1.54, 1.807) is 25.1 Å². The minimum absolute atomic E-state index is 0.0566. The standard InChI is InChI=1S/C26H24N2O5/c1-15-17(24(29)27-16(2)25(30)31)12-7-13-23(15)28-26(32)33-14-22-20-10-5-3-8-18(20)19-9-4-6-11-21(19)22/h3-13,16,22H,14H2,1-2H3,(H,27,29)(H,28,32)(H,30,31)/t16-/m0/s1. The van der Waals surface area contributed by atoms with Crippen molar-refractivity contribution in [3.05, 3.63) is 89.0 Å². The van der Waals surface area contributed by atoms with E-state index in [0.29, 0.717) is 11.3 Å². The summed E-state index contributed by atoms with van der Waals surface area (Å²) < 4.78 is 5.57. The van der Waals surface area contributed by atoms with Gasteiger partial charge in [-0.3, -0.25) is 14.9 Å². The molecule has 0 spiro atoms. The first-order chi connectivity index (χ1) is 15.9. The highest BCUT2D eigenvalue weighted by molar-refractivity contribution is 6.00. The molecule has 3 aromatic carbocycles. The van der Waals surface area contributed by atoms with Gasteiger partial charge in [-0.15, -0.1) is 0 Å². The Morgan fingerprint density at radius 3 is 2.15 bits per heavy atom. The van der Waals surface area contributed by atoms with Gasteiger partial charge in [0, 0.05) is 17.2 Å². The van der Waals surface area contributed by atoms with Crippen LogP contribution in [0.25, 0.3) is 11.1 Å². The predicted molar refractivity (Wildman–Crippen MR) is 124 cm³/mol. The first-order valence-electron chi connectivity index (χ1n) is 10.6. The minimum atomic E-state index is -1.13. The zero-order valence-corrected chi connectivity index (χ0v) is 18.3. The molecule has 1 atom stereocenters. The van der Waals surface area contributed by atoms with Crippen LogP contribution < -0.4 is 10.6 Å². The van der Waals surface area contributed by atoms with Gasteiger partial charge in [-0.25, -0.2) is 4.79 Å². The fraction of sp³-hybridized carbons (Fsp3) is 0.192. The second-order valence-electron chi connectivity index (χ2n) is 7.96. The Labute approximate surface area is 191 Å². The molecule has 3 N–H and O–H groups in total. The van der Waals surface area contributed by atoms with Gasteiger partial charge in [0.15, 0.2) is 0 Å². The van der Waals surface area contributed by atoms with Crippen LogP contribution in [0, 0.1) is 6.92 Å². The van der Waals surface area contributed by atoms with E-state index in [0.717, 1.165) is 22.3 Å². The molecule has 7 nitrogen and oxygen atoms in total. The number of hydrogen-bond donors (Lipinski definition) is 3.